The standard InChI is InChI=1S/C13H15ClN2S/c1-3-11(15)13-16-12(8(2)17-13)9-4-6-10(14)7-5-9/h4-7,11H,3,15H2,1-2H3. The van der Waals surface area contributed by atoms with Crippen LogP contribution >= 0.6 is 22.9 Å². The van der Waals surface area contributed by atoms with Gasteiger partial charge in [0.15, 0.2) is 0 Å². The first-order chi connectivity index (χ1) is 8.11. The SMILES string of the molecule is CCC(N)c1nc(-c2ccc(Cl)cc2)c(C)s1. The van der Waals surface area contributed by atoms with Gasteiger partial charge in [0.05, 0.1) is 11.7 Å². The van der Waals surface area contributed by atoms with Gasteiger partial charge in [0, 0.05) is 15.5 Å². The molecule has 1 aromatic heterocycles. The van der Waals surface area contributed by atoms with Crippen molar-refractivity contribution in [1.82, 2.24) is 4.98 Å². The van der Waals surface area contributed by atoms with Crippen LogP contribution < -0.4 is 5.73 Å². The summed E-state index contributed by atoms with van der Waals surface area (Å²) in [5, 5.41) is 1.75. The van der Waals surface area contributed by atoms with Crippen LogP contribution in [0.4, 0.5) is 0 Å². The largest absolute Gasteiger partial charge is 0.322 e. The second-order valence-corrected chi connectivity index (χ2v) is 5.65. The first-order valence-electron chi connectivity index (χ1n) is 5.60. The lowest BCUT2D eigenvalue weighted by atomic mass is 10.1. The normalized spacial score (nSPS) is 12.7. The molecule has 2 N–H and O–H groups in total. The summed E-state index contributed by atoms with van der Waals surface area (Å²) in [6.45, 7) is 4.15. The zero-order valence-corrected chi connectivity index (χ0v) is 11.5. The van der Waals surface area contributed by atoms with E-state index in [9.17, 15) is 0 Å². The van der Waals surface area contributed by atoms with Crippen LogP contribution in [0.15, 0.2) is 24.3 Å². The Hall–Kier alpha value is -0.900. The quantitative estimate of drug-likeness (QED) is 0.905. The van der Waals surface area contributed by atoms with Gasteiger partial charge in [-0.3, -0.25) is 0 Å². The lowest BCUT2D eigenvalue weighted by Gasteiger charge is -2.02. The highest BCUT2D eigenvalue weighted by Gasteiger charge is 2.13. The molecular formula is C13H15ClN2S. The molecule has 0 saturated heterocycles. The molecule has 1 atom stereocenters. The van der Waals surface area contributed by atoms with E-state index in [4.69, 9.17) is 17.3 Å². The van der Waals surface area contributed by atoms with Crippen molar-refractivity contribution in [3.8, 4) is 11.3 Å². The third-order valence-electron chi connectivity index (χ3n) is 2.69. The summed E-state index contributed by atoms with van der Waals surface area (Å²) in [7, 11) is 0. The molecule has 1 unspecified atom stereocenters. The highest BCUT2D eigenvalue weighted by molar-refractivity contribution is 7.12. The number of hydrogen-bond acceptors (Lipinski definition) is 3. The van der Waals surface area contributed by atoms with Gasteiger partial charge >= 0.3 is 0 Å². The maximum absolute atomic E-state index is 6.01. The highest BCUT2D eigenvalue weighted by Crippen LogP contribution is 2.31. The van der Waals surface area contributed by atoms with Crippen molar-refractivity contribution in [2.75, 3.05) is 0 Å². The topological polar surface area (TPSA) is 38.9 Å². The van der Waals surface area contributed by atoms with Crippen LogP contribution in [-0.2, 0) is 0 Å². The molecule has 0 aliphatic heterocycles. The number of aromatic nitrogens is 1. The minimum atomic E-state index is 0.0414. The van der Waals surface area contributed by atoms with Gasteiger partial charge in [-0.15, -0.1) is 11.3 Å². The maximum atomic E-state index is 6.01. The summed E-state index contributed by atoms with van der Waals surface area (Å²) in [4.78, 5) is 5.83. The van der Waals surface area contributed by atoms with E-state index < -0.39 is 0 Å². The molecule has 2 nitrogen and oxygen atoms in total. The lowest BCUT2D eigenvalue weighted by molar-refractivity contribution is 0.693. The van der Waals surface area contributed by atoms with E-state index in [0.29, 0.717) is 0 Å². The van der Waals surface area contributed by atoms with Crippen molar-refractivity contribution in [3.05, 3.63) is 39.2 Å². The fourth-order valence-corrected chi connectivity index (χ4v) is 2.78. The Kier molecular flexibility index (Phi) is 3.82. The predicted molar refractivity (Wildman–Crippen MR) is 74.5 cm³/mol. The first kappa shape index (κ1) is 12.6. The number of rotatable bonds is 3. The van der Waals surface area contributed by atoms with Gasteiger partial charge < -0.3 is 5.73 Å². The number of nitrogens with zero attached hydrogens (tertiary/aromatic N) is 1. The van der Waals surface area contributed by atoms with E-state index in [1.54, 1.807) is 11.3 Å². The van der Waals surface area contributed by atoms with Gasteiger partial charge in [-0.2, -0.15) is 0 Å². The van der Waals surface area contributed by atoms with Gasteiger partial charge in [-0.1, -0.05) is 30.7 Å². The number of thiazole rings is 1. The summed E-state index contributed by atoms with van der Waals surface area (Å²) in [5.74, 6) is 0. The van der Waals surface area contributed by atoms with Gasteiger partial charge in [0.25, 0.3) is 0 Å². The van der Waals surface area contributed by atoms with Gasteiger partial charge in [0.1, 0.15) is 5.01 Å². The molecule has 4 heteroatoms. The number of hydrogen-bond donors (Lipinski definition) is 1. The molecule has 2 aromatic rings. The molecular weight excluding hydrogens is 252 g/mol. The van der Waals surface area contributed by atoms with E-state index in [1.165, 1.54) is 4.88 Å². The number of nitrogens with two attached hydrogens (primary N) is 1. The van der Waals surface area contributed by atoms with Gasteiger partial charge in [0.2, 0.25) is 0 Å². The smallest absolute Gasteiger partial charge is 0.110 e. The maximum Gasteiger partial charge on any atom is 0.110 e. The van der Waals surface area contributed by atoms with Crippen molar-refractivity contribution < 1.29 is 0 Å². The minimum absolute atomic E-state index is 0.0414. The fourth-order valence-electron chi connectivity index (χ4n) is 1.63. The molecule has 0 radical (unpaired) electrons. The van der Waals surface area contributed by atoms with E-state index in [1.807, 2.05) is 24.3 Å². The van der Waals surface area contributed by atoms with Crippen molar-refractivity contribution in [2.24, 2.45) is 5.73 Å². The Labute approximate surface area is 110 Å². The third-order valence-corrected chi connectivity index (χ3v) is 4.04. The molecule has 0 aliphatic carbocycles. The first-order valence-corrected chi connectivity index (χ1v) is 6.80. The Balaban J connectivity index is 2.39. The molecule has 0 spiro atoms. The molecule has 2 rings (SSSR count). The van der Waals surface area contributed by atoms with Gasteiger partial charge in [-0.05, 0) is 25.5 Å². The number of halogens is 1. The minimum Gasteiger partial charge on any atom is -0.322 e. The second kappa shape index (κ2) is 5.17. The van der Waals surface area contributed by atoms with Gasteiger partial charge in [-0.25, -0.2) is 4.98 Å². The second-order valence-electron chi connectivity index (χ2n) is 3.98. The van der Waals surface area contributed by atoms with Crippen molar-refractivity contribution in [1.29, 1.82) is 0 Å². The Morgan fingerprint density at radius 1 is 1.35 bits per heavy atom. The molecule has 1 aromatic carbocycles. The van der Waals surface area contributed by atoms with Crippen LogP contribution in [0.1, 0.15) is 29.3 Å². The summed E-state index contributed by atoms with van der Waals surface area (Å²) in [5.41, 5.74) is 8.12. The van der Waals surface area contributed by atoms with E-state index in [2.05, 4.69) is 18.8 Å². The molecule has 1 heterocycles. The van der Waals surface area contributed by atoms with Crippen molar-refractivity contribution in [3.63, 3.8) is 0 Å². The van der Waals surface area contributed by atoms with Crippen molar-refractivity contribution >= 4 is 22.9 Å². The Morgan fingerprint density at radius 2 is 2.00 bits per heavy atom. The summed E-state index contributed by atoms with van der Waals surface area (Å²) in [6.07, 6.45) is 0.910. The monoisotopic (exact) mass is 266 g/mol. The van der Waals surface area contributed by atoms with Crippen LogP contribution in [0.2, 0.25) is 5.02 Å². The number of aryl methyl sites for hydroxylation is 1. The zero-order chi connectivity index (χ0) is 12.4. The molecule has 0 fully saturated rings. The Bertz CT molecular complexity index is 505. The lowest BCUT2D eigenvalue weighted by Crippen LogP contribution is -2.07. The average molecular weight is 267 g/mol. The molecule has 17 heavy (non-hydrogen) atoms. The van der Waals surface area contributed by atoms with Crippen LogP contribution in [0.25, 0.3) is 11.3 Å². The summed E-state index contributed by atoms with van der Waals surface area (Å²) >= 11 is 7.56. The van der Waals surface area contributed by atoms with E-state index in [-0.39, 0.29) is 6.04 Å². The van der Waals surface area contributed by atoms with Crippen LogP contribution in [-0.4, -0.2) is 4.98 Å². The van der Waals surface area contributed by atoms with Crippen LogP contribution in [0.3, 0.4) is 0 Å². The van der Waals surface area contributed by atoms with E-state index >= 15 is 0 Å². The fraction of sp³-hybridized carbons (Fsp3) is 0.308. The summed E-state index contributed by atoms with van der Waals surface area (Å²) < 4.78 is 0. The predicted octanol–water partition coefficient (Wildman–Crippen LogP) is 4.18. The summed E-state index contributed by atoms with van der Waals surface area (Å²) in [6, 6.07) is 7.79. The molecule has 0 amide bonds. The molecule has 90 valence electrons. The number of benzene rings is 1. The molecule has 0 bridgehead atoms. The van der Waals surface area contributed by atoms with Crippen LogP contribution in [0, 0.1) is 6.92 Å². The van der Waals surface area contributed by atoms with E-state index in [0.717, 1.165) is 27.7 Å². The van der Waals surface area contributed by atoms with Crippen LogP contribution in [0.5, 0.6) is 0 Å². The van der Waals surface area contributed by atoms with Crippen molar-refractivity contribution in [2.45, 2.75) is 26.3 Å². The third kappa shape index (κ3) is 2.68. The molecule has 0 saturated carbocycles. The highest BCUT2D eigenvalue weighted by atomic mass is 35.5. The zero-order valence-electron chi connectivity index (χ0n) is 9.90. The molecule has 0 aliphatic rings. The average Bonchev–Trinajstić information content (AvgIpc) is 2.71. The Morgan fingerprint density at radius 3 is 2.59 bits per heavy atom.